The van der Waals surface area contributed by atoms with Crippen molar-refractivity contribution in [3.63, 3.8) is 0 Å². The molecular weight excluding hydrogens is 292 g/mol. The summed E-state index contributed by atoms with van der Waals surface area (Å²) in [5, 5.41) is 0. The summed E-state index contributed by atoms with van der Waals surface area (Å²) in [6.45, 7) is 5.67. The van der Waals surface area contributed by atoms with Gasteiger partial charge in [-0.1, -0.05) is 49.0 Å². The van der Waals surface area contributed by atoms with Crippen LogP contribution in [0.25, 0.3) is 11.1 Å². The van der Waals surface area contributed by atoms with E-state index >= 15 is 0 Å². The molecule has 0 aliphatic heterocycles. The molecule has 4 heteroatoms. The first-order valence-corrected chi connectivity index (χ1v) is 7.42. The fourth-order valence-corrected chi connectivity index (χ4v) is 1.99. The number of carbonyl (C=O) groups is 1. The van der Waals surface area contributed by atoms with Gasteiger partial charge in [0.15, 0.2) is 0 Å². The monoisotopic (exact) mass is 312 g/mol. The molecule has 0 fully saturated rings. The number of hydrogen-bond acceptors (Lipinski definition) is 4. The Morgan fingerprint density at radius 2 is 1.70 bits per heavy atom. The quantitative estimate of drug-likeness (QED) is 0.322. The van der Waals surface area contributed by atoms with E-state index in [1.54, 1.807) is 6.92 Å². The van der Waals surface area contributed by atoms with Crippen LogP contribution in [0.4, 0.5) is 0 Å². The molecule has 2 aromatic rings. The van der Waals surface area contributed by atoms with Crippen molar-refractivity contribution in [1.82, 2.24) is 0 Å². The second-order valence-electron chi connectivity index (χ2n) is 4.82. The lowest BCUT2D eigenvalue weighted by molar-refractivity contribution is -0.169. The van der Waals surface area contributed by atoms with Gasteiger partial charge in [-0.05, 0) is 30.2 Å². The molecule has 0 radical (unpaired) electrons. The zero-order valence-corrected chi connectivity index (χ0v) is 13.1. The zero-order valence-electron chi connectivity index (χ0n) is 13.1. The second kappa shape index (κ2) is 8.76. The number of esters is 1. The van der Waals surface area contributed by atoms with Crippen LogP contribution in [0.2, 0.25) is 0 Å². The summed E-state index contributed by atoms with van der Waals surface area (Å²) in [7, 11) is 0. The molecule has 0 aliphatic carbocycles. The first-order valence-electron chi connectivity index (χ1n) is 7.42. The predicted molar refractivity (Wildman–Crippen MR) is 89.1 cm³/mol. The van der Waals surface area contributed by atoms with Crippen LogP contribution in [0.1, 0.15) is 6.92 Å². The highest BCUT2D eigenvalue weighted by molar-refractivity contribution is 5.81. The Bertz CT molecular complexity index is 620. The van der Waals surface area contributed by atoms with E-state index in [0.717, 1.165) is 17.4 Å². The van der Waals surface area contributed by atoms with E-state index in [9.17, 15) is 4.79 Å². The molecule has 1 atom stereocenters. The van der Waals surface area contributed by atoms with E-state index in [2.05, 4.69) is 18.7 Å². The van der Waals surface area contributed by atoms with Crippen LogP contribution in [0, 0.1) is 0 Å². The van der Waals surface area contributed by atoms with Crippen molar-refractivity contribution < 1.29 is 19.0 Å². The Hall–Kier alpha value is -2.59. The fraction of sp³-hybridized carbons (Fsp3) is 0.211. The first kappa shape index (κ1) is 16.8. The summed E-state index contributed by atoms with van der Waals surface area (Å²) in [5.74, 6) is 0.263. The van der Waals surface area contributed by atoms with Gasteiger partial charge in [-0.25, -0.2) is 4.79 Å². The summed E-state index contributed by atoms with van der Waals surface area (Å²) in [4.78, 5) is 11.0. The lowest BCUT2D eigenvalue weighted by Crippen LogP contribution is -2.19. The highest BCUT2D eigenvalue weighted by atomic mass is 16.7. The van der Waals surface area contributed by atoms with Crippen LogP contribution in [-0.2, 0) is 14.3 Å². The molecule has 4 nitrogen and oxygen atoms in total. The lowest BCUT2D eigenvalue weighted by Gasteiger charge is -2.13. The predicted octanol–water partition coefficient (Wildman–Crippen LogP) is 3.82. The largest absolute Gasteiger partial charge is 0.491 e. The first-order chi connectivity index (χ1) is 11.2. The normalized spacial score (nSPS) is 11.5. The molecule has 2 rings (SSSR count). The number of benzene rings is 2. The van der Waals surface area contributed by atoms with E-state index in [-0.39, 0.29) is 0 Å². The van der Waals surface area contributed by atoms with Gasteiger partial charge >= 0.3 is 5.97 Å². The van der Waals surface area contributed by atoms with Gasteiger partial charge in [0.1, 0.15) is 12.4 Å². The highest BCUT2D eigenvalue weighted by Crippen LogP contribution is 2.21. The molecule has 0 aromatic heterocycles. The molecule has 0 saturated heterocycles. The third-order valence-corrected chi connectivity index (χ3v) is 3.11. The van der Waals surface area contributed by atoms with Crippen molar-refractivity contribution in [1.29, 1.82) is 0 Å². The van der Waals surface area contributed by atoms with Crippen molar-refractivity contribution in [3.05, 3.63) is 67.3 Å². The Balaban J connectivity index is 1.74. The molecule has 120 valence electrons. The van der Waals surface area contributed by atoms with E-state index in [4.69, 9.17) is 14.2 Å². The average molecular weight is 312 g/mol. The van der Waals surface area contributed by atoms with Gasteiger partial charge in [-0.2, -0.15) is 0 Å². The topological polar surface area (TPSA) is 44.8 Å². The van der Waals surface area contributed by atoms with Crippen LogP contribution in [0.15, 0.2) is 67.3 Å². The third kappa shape index (κ3) is 5.60. The Morgan fingerprint density at radius 3 is 2.35 bits per heavy atom. The number of carbonyl (C=O) groups excluding carboxylic acids is 1. The molecule has 0 amide bonds. The van der Waals surface area contributed by atoms with Crippen LogP contribution in [0.3, 0.4) is 0 Å². The van der Waals surface area contributed by atoms with Gasteiger partial charge in [-0.15, -0.1) is 0 Å². The summed E-state index contributed by atoms with van der Waals surface area (Å²) >= 11 is 0. The van der Waals surface area contributed by atoms with Gasteiger partial charge in [0.25, 0.3) is 0 Å². The van der Waals surface area contributed by atoms with Crippen LogP contribution in [0.5, 0.6) is 5.75 Å². The van der Waals surface area contributed by atoms with Gasteiger partial charge in [0.2, 0.25) is 6.29 Å². The minimum absolute atomic E-state index is 0.325. The minimum atomic E-state index is -0.621. The molecule has 0 bridgehead atoms. The van der Waals surface area contributed by atoms with E-state index in [1.807, 2.05) is 42.5 Å². The van der Waals surface area contributed by atoms with Crippen molar-refractivity contribution in [2.24, 2.45) is 0 Å². The molecular formula is C19H20O4. The number of rotatable bonds is 8. The highest BCUT2D eigenvalue weighted by Gasteiger charge is 2.06. The standard InChI is InChI=1S/C19H20O4/c1-3-19(20)23-15(2)21-13-14-22-18-11-9-17(10-12-18)16-7-5-4-6-8-16/h3-12,15H,1,13-14H2,2H3. The zero-order chi connectivity index (χ0) is 16.5. The van der Waals surface area contributed by atoms with Crippen LogP contribution >= 0.6 is 0 Å². The summed E-state index contributed by atoms with van der Waals surface area (Å²) in [6.07, 6.45) is 0.481. The van der Waals surface area contributed by atoms with Gasteiger partial charge in [-0.3, -0.25) is 0 Å². The molecule has 23 heavy (non-hydrogen) atoms. The maximum Gasteiger partial charge on any atom is 0.332 e. The SMILES string of the molecule is C=CC(=O)OC(C)OCCOc1ccc(-c2ccccc2)cc1. The second-order valence-corrected chi connectivity index (χ2v) is 4.82. The summed E-state index contributed by atoms with van der Waals surface area (Å²) < 4.78 is 15.8. The van der Waals surface area contributed by atoms with E-state index in [1.165, 1.54) is 5.56 Å². The fourth-order valence-electron chi connectivity index (χ4n) is 1.99. The molecule has 0 spiro atoms. The van der Waals surface area contributed by atoms with Gasteiger partial charge in [0, 0.05) is 6.08 Å². The molecule has 2 aromatic carbocycles. The van der Waals surface area contributed by atoms with Gasteiger partial charge < -0.3 is 14.2 Å². The smallest absolute Gasteiger partial charge is 0.332 e. The average Bonchev–Trinajstić information content (AvgIpc) is 2.60. The molecule has 0 aliphatic rings. The lowest BCUT2D eigenvalue weighted by atomic mass is 10.1. The number of ether oxygens (including phenoxy) is 3. The van der Waals surface area contributed by atoms with Crippen molar-refractivity contribution >= 4 is 5.97 Å². The van der Waals surface area contributed by atoms with Gasteiger partial charge in [0.05, 0.1) is 6.61 Å². The van der Waals surface area contributed by atoms with E-state index in [0.29, 0.717) is 13.2 Å². The Labute approximate surface area is 136 Å². The summed E-state index contributed by atoms with van der Waals surface area (Å²) in [5.41, 5.74) is 2.31. The third-order valence-electron chi connectivity index (χ3n) is 3.11. The van der Waals surface area contributed by atoms with Crippen LogP contribution < -0.4 is 4.74 Å². The Kier molecular flexibility index (Phi) is 6.39. The van der Waals surface area contributed by atoms with E-state index < -0.39 is 12.3 Å². The molecule has 1 unspecified atom stereocenters. The molecule has 0 heterocycles. The molecule has 0 saturated carbocycles. The molecule has 0 N–H and O–H groups in total. The summed E-state index contributed by atoms with van der Waals surface area (Å²) in [6, 6.07) is 18.0. The van der Waals surface area contributed by atoms with Crippen molar-refractivity contribution in [3.8, 4) is 16.9 Å². The van der Waals surface area contributed by atoms with Crippen molar-refractivity contribution in [2.75, 3.05) is 13.2 Å². The van der Waals surface area contributed by atoms with Crippen molar-refractivity contribution in [2.45, 2.75) is 13.2 Å². The number of hydrogen-bond donors (Lipinski definition) is 0. The maximum absolute atomic E-state index is 11.0. The maximum atomic E-state index is 11.0. The minimum Gasteiger partial charge on any atom is -0.491 e. The Morgan fingerprint density at radius 1 is 1.04 bits per heavy atom. The van der Waals surface area contributed by atoms with Crippen LogP contribution in [-0.4, -0.2) is 25.5 Å².